The highest BCUT2D eigenvalue weighted by Crippen LogP contribution is 2.50. The summed E-state index contributed by atoms with van der Waals surface area (Å²) < 4.78 is 72.3. The smallest absolute Gasteiger partial charge is 0.423 e. The molecule has 0 aliphatic carbocycles. The van der Waals surface area contributed by atoms with E-state index in [1.54, 1.807) is 0 Å². The van der Waals surface area contributed by atoms with Crippen LogP contribution < -0.4 is 0 Å². The number of hydrogen-bond donors (Lipinski definition) is 0. The lowest BCUT2D eigenvalue weighted by atomic mass is 10.1. The van der Waals surface area contributed by atoms with E-state index in [2.05, 4.69) is 4.74 Å². The minimum absolute atomic E-state index is 0.509. The SMILES string of the molecule is N#CCCOC(=O)C(Br)(C(F)(F)F)C(F)(F)F. The van der Waals surface area contributed by atoms with Crippen LogP contribution in [0.25, 0.3) is 0 Å². The van der Waals surface area contributed by atoms with Crippen molar-refractivity contribution < 1.29 is 35.9 Å². The molecule has 0 unspecified atom stereocenters. The molecule has 10 heteroatoms. The first-order valence-electron chi connectivity index (χ1n) is 3.85. The topological polar surface area (TPSA) is 50.1 Å². The Kier molecular flexibility index (Phi) is 4.82. The van der Waals surface area contributed by atoms with E-state index in [0.29, 0.717) is 0 Å². The summed E-state index contributed by atoms with van der Waals surface area (Å²) in [5.41, 5.74) is 0. The molecule has 98 valence electrons. The van der Waals surface area contributed by atoms with Crippen LogP contribution in [0.15, 0.2) is 0 Å². The van der Waals surface area contributed by atoms with Crippen LogP contribution in [0, 0.1) is 11.3 Å². The van der Waals surface area contributed by atoms with Crippen LogP contribution in [-0.4, -0.2) is 29.3 Å². The van der Waals surface area contributed by atoms with Crippen molar-refractivity contribution in [2.75, 3.05) is 6.61 Å². The molecule has 0 heterocycles. The number of alkyl halides is 7. The Balaban J connectivity index is 5.11. The van der Waals surface area contributed by atoms with E-state index in [-0.39, 0.29) is 0 Å². The summed E-state index contributed by atoms with van der Waals surface area (Å²) in [6.07, 6.45) is -12.3. The van der Waals surface area contributed by atoms with Crippen molar-refractivity contribution in [3.63, 3.8) is 0 Å². The summed E-state index contributed by atoms with van der Waals surface area (Å²) in [5, 5.41) is 8.00. The summed E-state index contributed by atoms with van der Waals surface area (Å²) in [6.45, 7) is -0.852. The molecule has 0 bridgehead atoms. The van der Waals surface area contributed by atoms with Crippen molar-refractivity contribution in [1.82, 2.24) is 0 Å². The molecule has 0 aromatic rings. The van der Waals surface area contributed by atoms with Crippen molar-refractivity contribution in [3.8, 4) is 6.07 Å². The van der Waals surface area contributed by atoms with E-state index >= 15 is 0 Å². The van der Waals surface area contributed by atoms with Gasteiger partial charge in [-0.15, -0.1) is 0 Å². The molecular weight excluding hydrogens is 324 g/mol. The van der Waals surface area contributed by atoms with Crippen molar-refractivity contribution >= 4 is 21.9 Å². The highest BCUT2D eigenvalue weighted by Gasteiger charge is 2.75. The lowest BCUT2D eigenvalue weighted by Crippen LogP contribution is -2.58. The molecule has 0 N–H and O–H groups in total. The maximum atomic E-state index is 12.2. The predicted molar refractivity (Wildman–Crippen MR) is 45.0 cm³/mol. The van der Waals surface area contributed by atoms with Crippen LogP contribution in [0.2, 0.25) is 0 Å². The third-order valence-electron chi connectivity index (χ3n) is 1.51. The zero-order valence-corrected chi connectivity index (χ0v) is 9.41. The second-order valence-electron chi connectivity index (χ2n) is 2.70. The summed E-state index contributed by atoms with van der Waals surface area (Å²) in [4.78, 5) is 10.8. The lowest BCUT2D eigenvalue weighted by molar-refractivity contribution is -0.262. The van der Waals surface area contributed by atoms with Crippen molar-refractivity contribution in [2.24, 2.45) is 0 Å². The third-order valence-corrected chi connectivity index (χ3v) is 2.73. The first-order chi connectivity index (χ1) is 7.48. The van der Waals surface area contributed by atoms with Gasteiger partial charge in [0, 0.05) is 0 Å². The molecule has 17 heavy (non-hydrogen) atoms. The van der Waals surface area contributed by atoms with E-state index < -0.39 is 35.7 Å². The number of rotatable bonds is 3. The molecule has 0 radical (unpaired) electrons. The molecular formula is C7H4BrF6NO2. The fourth-order valence-corrected chi connectivity index (χ4v) is 0.795. The van der Waals surface area contributed by atoms with Gasteiger partial charge in [0.2, 0.25) is 0 Å². The average molecular weight is 328 g/mol. The van der Waals surface area contributed by atoms with Crippen LogP contribution in [0.4, 0.5) is 26.3 Å². The highest BCUT2D eigenvalue weighted by atomic mass is 79.9. The number of carbonyl (C=O) groups excluding carboxylic acids is 1. The maximum Gasteiger partial charge on any atom is 0.423 e. The number of carbonyl (C=O) groups is 1. The molecule has 0 aromatic heterocycles. The zero-order chi connectivity index (χ0) is 13.9. The molecule has 0 aromatic carbocycles. The van der Waals surface area contributed by atoms with E-state index in [0.717, 1.165) is 0 Å². The molecule has 0 amide bonds. The van der Waals surface area contributed by atoms with E-state index in [4.69, 9.17) is 5.26 Å². The standard InChI is InChI=1S/C7H4BrF6NO2/c8-5(6(9,10)11,7(12,13)14)4(16)17-3-1-2-15/h1,3H2. The van der Waals surface area contributed by atoms with E-state index in [1.165, 1.54) is 22.0 Å². The summed E-state index contributed by atoms with van der Waals surface area (Å²) >= 11 is 1.34. The van der Waals surface area contributed by atoms with Gasteiger partial charge < -0.3 is 4.74 Å². The van der Waals surface area contributed by atoms with Crippen LogP contribution in [0.5, 0.6) is 0 Å². The molecule has 0 aliphatic heterocycles. The van der Waals surface area contributed by atoms with E-state index in [1.807, 2.05) is 0 Å². The fraction of sp³-hybridized carbons (Fsp3) is 0.714. The van der Waals surface area contributed by atoms with Crippen molar-refractivity contribution in [2.45, 2.75) is 23.1 Å². The first-order valence-corrected chi connectivity index (χ1v) is 4.64. The average Bonchev–Trinajstić information content (AvgIpc) is 2.13. The zero-order valence-electron chi connectivity index (χ0n) is 7.82. The van der Waals surface area contributed by atoms with Gasteiger partial charge in [0.05, 0.1) is 12.5 Å². The molecule has 0 fully saturated rings. The van der Waals surface area contributed by atoms with Crippen LogP contribution in [-0.2, 0) is 9.53 Å². The summed E-state index contributed by atoms with van der Waals surface area (Å²) in [6, 6.07) is 1.40. The highest BCUT2D eigenvalue weighted by molar-refractivity contribution is 9.10. The Hall–Kier alpha value is -0.980. The lowest BCUT2D eigenvalue weighted by Gasteiger charge is -2.29. The largest absolute Gasteiger partial charge is 0.463 e. The Bertz CT molecular complexity index is 317. The van der Waals surface area contributed by atoms with Gasteiger partial charge in [-0.1, -0.05) is 15.9 Å². The molecule has 3 nitrogen and oxygen atoms in total. The Morgan fingerprint density at radius 1 is 1.18 bits per heavy atom. The van der Waals surface area contributed by atoms with E-state index in [9.17, 15) is 31.1 Å². The number of hydrogen-bond acceptors (Lipinski definition) is 3. The first kappa shape index (κ1) is 16.0. The van der Waals surface area contributed by atoms with Gasteiger partial charge in [-0.2, -0.15) is 31.6 Å². The molecule has 0 spiro atoms. The number of esters is 1. The predicted octanol–water partition coefficient (Wildman–Crippen LogP) is 2.70. The Morgan fingerprint density at radius 3 is 1.88 bits per heavy atom. The Labute approximate surface area is 99.5 Å². The van der Waals surface area contributed by atoms with Gasteiger partial charge in [-0.25, -0.2) is 4.79 Å². The number of nitriles is 1. The number of ether oxygens (including phenoxy) is 1. The normalized spacial score (nSPS) is 13.1. The summed E-state index contributed by atoms with van der Waals surface area (Å²) in [7, 11) is 0. The van der Waals surface area contributed by atoms with Crippen molar-refractivity contribution in [3.05, 3.63) is 0 Å². The minimum Gasteiger partial charge on any atom is -0.463 e. The molecule has 0 atom stereocenters. The minimum atomic E-state index is -5.91. The van der Waals surface area contributed by atoms with Gasteiger partial charge in [0.1, 0.15) is 6.61 Å². The van der Waals surface area contributed by atoms with Crippen molar-refractivity contribution in [1.29, 1.82) is 5.26 Å². The number of nitrogens with zero attached hydrogens (tertiary/aromatic N) is 1. The van der Waals surface area contributed by atoms with Gasteiger partial charge in [-0.3, -0.25) is 0 Å². The fourth-order valence-electron chi connectivity index (χ4n) is 0.681. The molecule has 0 rings (SSSR count). The van der Waals surface area contributed by atoms with Gasteiger partial charge in [-0.05, 0) is 0 Å². The molecule has 0 saturated carbocycles. The van der Waals surface area contributed by atoms with Gasteiger partial charge >= 0.3 is 22.6 Å². The molecule has 0 saturated heterocycles. The second-order valence-corrected chi connectivity index (χ2v) is 3.89. The Morgan fingerprint density at radius 2 is 1.59 bits per heavy atom. The monoisotopic (exact) mass is 327 g/mol. The second kappa shape index (κ2) is 5.12. The van der Waals surface area contributed by atoms with Crippen LogP contribution in [0.3, 0.4) is 0 Å². The third kappa shape index (κ3) is 3.24. The molecule has 0 aliphatic rings. The summed E-state index contributed by atoms with van der Waals surface area (Å²) in [5.74, 6) is -2.55. The van der Waals surface area contributed by atoms with Gasteiger partial charge in [0.25, 0.3) is 0 Å². The van der Waals surface area contributed by atoms with Gasteiger partial charge in [0.15, 0.2) is 0 Å². The maximum absolute atomic E-state index is 12.2. The van der Waals surface area contributed by atoms with Crippen LogP contribution >= 0.6 is 15.9 Å². The number of halogens is 7. The van der Waals surface area contributed by atoms with Crippen LogP contribution in [0.1, 0.15) is 6.42 Å². The quantitative estimate of drug-likeness (QED) is 0.346.